The molecule has 3 aliphatic heterocycles. The molecule has 3 N–H and O–H groups in total. The molecule has 5 fully saturated rings. The second-order valence-electron chi connectivity index (χ2n) is 19.6. The number of imide groups is 1. The SMILES string of the molecule is Cn1c(=O)n(C2CCC(=O)NC2=O)c2cccc(CN3CCC(OCC4CCN(C[C@H]5CC[C@H](n6cc(NC(=O)c7coc(-c8ccnc(NCC9CC9)c8)n7)c(C(F)F)n6)CC5)CC4)CC3)c21. The highest BCUT2D eigenvalue weighted by atomic mass is 19.3. The Balaban J connectivity index is 0.643. The Kier molecular flexibility index (Phi) is 13.6. The summed E-state index contributed by atoms with van der Waals surface area (Å²) in [5.74, 6) is 1.28. The summed E-state index contributed by atoms with van der Waals surface area (Å²) in [4.78, 5) is 64.7. The summed E-state index contributed by atoms with van der Waals surface area (Å²) in [6.07, 6.45) is 12.4. The number of ether oxygens (including phenoxy) is 1. The molecule has 362 valence electrons. The minimum absolute atomic E-state index is 0.0200. The molecule has 2 saturated carbocycles. The molecule has 68 heavy (non-hydrogen) atoms. The molecule has 5 aromatic rings. The van der Waals surface area contributed by atoms with E-state index in [1.165, 1.54) is 25.3 Å². The van der Waals surface area contributed by atoms with Crippen LogP contribution < -0.4 is 21.6 Å². The number of carbonyl (C=O) groups excluding carboxylic acids is 3. The van der Waals surface area contributed by atoms with Crippen LogP contribution in [0.5, 0.6) is 0 Å². The van der Waals surface area contributed by atoms with Crippen molar-refractivity contribution in [1.29, 1.82) is 0 Å². The fourth-order valence-electron chi connectivity index (χ4n) is 10.7. The number of pyridine rings is 1. The fraction of sp³-hybridized carbons (Fsp3) is 0.571. The number of hydrogen-bond donors (Lipinski definition) is 3. The van der Waals surface area contributed by atoms with Gasteiger partial charge in [0.15, 0.2) is 11.4 Å². The normalized spacial score (nSPS) is 22.6. The first-order valence-electron chi connectivity index (χ1n) is 24.5. The molecule has 1 atom stereocenters. The summed E-state index contributed by atoms with van der Waals surface area (Å²) in [5.41, 5.74) is 2.48. The van der Waals surface area contributed by atoms with Gasteiger partial charge in [0.2, 0.25) is 17.7 Å². The van der Waals surface area contributed by atoms with Gasteiger partial charge in [0.25, 0.3) is 12.3 Å². The van der Waals surface area contributed by atoms with E-state index in [4.69, 9.17) is 9.15 Å². The smallest absolute Gasteiger partial charge is 0.329 e. The molecule has 1 unspecified atom stereocenters. The third-order valence-electron chi connectivity index (χ3n) is 14.8. The summed E-state index contributed by atoms with van der Waals surface area (Å²) >= 11 is 0. The van der Waals surface area contributed by atoms with Crippen molar-refractivity contribution >= 4 is 40.3 Å². The number of benzene rings is 1. The van der Waals surface area contributed by atoms with Crippen molar-refractivity contribution in [1.82, 2.24) is 44.0 Å². The molecule has 0 spiro atoms. The number of fused-ring (bicyclic) bond motifs is 1. The number of alkyl halides is 2. The molecule has 4 aromatic heterocycles. The van der Waals surface area contributed by atoms with Crippen LogP contribution in [0, 0.1) is 17.8 Å². The maximum atomic E-state index is 14.2. The average Bonchev–Trinajstić information content (AvgIpc) is 3.75. The zero-order valence-electron chi connectivity index (χ0n) is 38.6. The summed E-state index contributed by atoms with van der Waals surface area (Å²) in [7, 11) is 1.75. The number of amides is 3. The molecular weight excluding hydrogens is 877 g/mol. The second-order valence-corrected chi connectivity index (χ2v) is 19.6. The molecule has 17 nitrogen and oxygen atoms in total. The van der Waals surface area contributed by atoms with Gasteiger partial charge in [0.1, 0.15) is 18.1 Å². The first-order chi connectivity index (χ1) is 33.0. The number of oxazole rings is 1. The van der Waals surface area contributed by atoms with Crippen LogP contribution in [0.1, 0.15) is 117 Å². The number of para-hydroxylation sites is 1. The van der Waals surface area contributed by atoms with Crippen molar-refractivity contribution in [2.75, 3.05) is 56.5 Å². The molecule has 0 bridgehead atoms. The Morgan fingerprint density at radius 3 is 2.44 bits per heavy atom. The van der Waals surface area contributed by atoms with Gasteiger partial charge in [0, 0.05) is 70.8 Å². The van der Waals surface area contributed by atoms with E-state index in [0.29, 0.717) is 47.6 Å². The van der Waals surface area contributed by atoms with Gasteiger partial charge < -0.3 is 24.7 Å². The monoisotopic (exact) mass is 937 g/mol. The highest BCUT2D eigenvalue weighted by Gasteiger charge is 2.33. The lowest BCUT2D eigenvalue weighted by atomic mass is 9.85. The summed E-state index contributed by atoms with van der Waals surface area (Å²) in [5, 5.41) is 12.6. The minimum atomic E-state index is -2.86. The number of carbonyl (C=O) groups is 3. The van der Waals surface area contributed by atoms with Gasteiger partial charge in [0.05, 0.1) is 28.9 Å². The predicted octanol–water partition coefficient (Wildman–Crippen LogP) is 6.70. The van der Waals surface area contributed by atoms with Crippen molar-refractivity contribution in [3.8, 4) is 11.5 Å². The number of rotatable bonds is 16. The van der Waals surface area contributed by atoms with E-state index in [2.05, 4.69) is 46.9 Å². The number of halogens is 2. The molecule has 1 aromatic carbocycles. The first kappa shape index (κ1) is 46.0. The van der Waals surface area contributed by atoms with E-state index in [-0.39, 0.29) is 47.4 Å². The zero-order valence-corrected chi connectivity index (χ0v) is 38.6. The van der Waals surface area contributed by atoms with E-state index in [1.54, 1.807) is 33.1 Å². The van der Waals surface area contributed by atoms with Crippen LogP contribution >= 0.6 is 0 Å². The van der Waals surface area contributed by atoms with Gasteiger partial charge in [-0.3, -0.25) is 38.4 Å². The van der Waals surface area contributed by atoms with E-state index < -0.39 is 30.0 Å². The third kappa shape index (κ3) is 10.3. The summed E-state index contributed by atoms with van der Waals surface area (Å²) in [6, 6.07) is 8.69. The Morgan fingerprint density at radius 1 is 0.926 bits per heavy atom. The largest absolute Gasteiger partial charge is 0.444 e. The van der Waals surface area contributed by atoms with Gasteiger partial charge in [-0.05, 0) is 125 Å². The van der Waals surface area contributed by atoms with Gasteiger partial charge in [-0.1, -0.05) is 12.1 Å². The van der Waals surface area contributed by atoms with Crippen molar-refractivity contribution in [3.05, 3.63) is 76.4 Å². The maximum Gasteiger partial charge on any atom is 0.329 e. The number of aryl methyl sites for hydroxylation is 1. The van der Waals surface area contributed by atoms with Gasteiger partial charge in [-0.2, -0.15) is 5.10 Å². The maximum absolute atomic E-state index is 14.2. The van der Waals surface area contributed by atoms with E-state index in [0.717, 1.165) is 108 Å². The van der Waals surface area contributed by atoms with Crippen LogP contribution in [0.15, 0.2) is 58.2 Å². The van der Waals surface area contributed by atoms with E-state index in [9.17, 15) is 28.0 Å². The fourth-order valence-corrected chi connectivity index (χ4v) is 10.7. The highest BCUT2D eigenvalue weighted by Crippen LogP contribution is 2.36. The van der Waals surface area contributed by atoms with Crippen LogP contribution in [0.2, 0.25) is 0 Å². The topological polar surface area (TPSA) is 187 Å². The highest BCUT2D eigenvalue weighted by molar-refractivity contribution is 6.03. The molecule has 7 heterocycles. The van der Waals surface area contributed by atoms with E-state index >= 15 is 0 Å². The molecule has 19 heteroatoms. The average molecular weight is 938 g/mol. The van der Waals surface area contributed by atoms with E-state index in [1.807, 2.05) is 18.2 Å². The lowest BCUT2D eigenvalue weighted by Gasteiger charge is -2.37. The van der Waals surface area contributed by atoms with Crippen LogP contribution in [0.3, 0.4) is 0 Å². The Bertz CT molecular complexity index is 2670. The number of hydrogen-bond acceptors (Lipinski definition) is 12. The van der Waals surface area contributed by atoms with Gasteiger partial charge in [-0.15, -0.1) is 0 Å². The van der Waals surface area contributed by atoms with Crippen molar-refractivity contribution in [2.24, 2.45) is 24.8 Å². The minimum Gasteiger partial charge on any atom is -0.444 e. The van der Waals surface area contributed by atoms with Gasteiger partial charge in [-0.25, -0.2) is 23.5 Å². The summed E-state index contributed by atoms with van der Waals surface area (Å²) < 4.78 is 45.3. The van der Waals surface area contributed by atoms with Crippen molar-refractivity contribution < 1.29 is 32.3 Å². The molecule has 2 aliphatic carbocycles. The number of nitrogens with zero attached hydrogens (tertiary/aromatic N) is 8. The Labute approximate surface area is 393 Å². The number of piperidine rings is 3. The second kappa shape index (κ2) is 20.0. The van der Waals surface area contributed by atoms with Crippen LogP contribution in [-0.4, -0.2) is 108 Å². The first-order valence-corrected chi connectivity index (χ1v) is 24.5. The third-order valence-corrected chi connectivity index (χ3v) is 14.8. The van der Waals surface area contributed by atoms with Crippen molar-refractivity contribution in [3.63, 3.8) is 0 Å². The molecule has 3 saturated heterocycles. The number of anilines is 2. The predicted molar refractivity (Wildman–Crippen MR) is 249 cm³/mol. The number of nitrogens with one attached hydrogen (secondary N) is 3. The number of likely N-dealkylation sites (tertiary alicyclic amines) is 2. The molecule has 3 amide bonds. The number of imidazole rings is 1. The van der Waals surface area contributed by atoms with Crippen LogP contribution in [0.4, 0.5) is 20.3 Å². The van der Waals surface area contributed by atoms with Crippen molar-refractivity contribution in [2.45, 2.75) is 108 Å². The number of aromatic nitrogens is 6. The lowest BCUT2D eigenvalue weighted by Crippen LogP contribution is -2.44. The lowest BCUT2D eigenvalue weighted by molar-refractivity contribution is -0.135. The van der Waals surface area contributed by atoms with Crippen LogP contribution in [0.25, 0.3) is 22.5 Å². The molecule has 10 rings (SSSR count). The zero-order chi connectivity index (χ0) is 46.9. The molecular formula is C49H61F2N11O6. The quantitative estimate of drug-likeness (QED) is 0.0891. The standard InChI is InChI=1S/C49H61F2N11O6/c1-58-44-34(3-2-4-39(44)62(49(58)66)40-11-12-42(63)56-47(40)65)26-60-21-16-36(17-22-60)67-28-32-14-19-59(20-15-32)25-31-7-9-35(10-8-31)61-27-37(43(57-61)45(50)51)54-46(64)38-29-68-48(55-38)33-13-18-52-41(23-33)53-24-30-5-6-30/h2-4,13,18,23,27,29-32,35-36,40,45H,5-12,14-17,19-22,24-26,28H2,1H3,(H,52,53)(H,54,64)(H,56,63,65)/t31-,35-,40?. The van der Waals surface area contributed by atoms with Crippen LogP contribution in [-0.2, 0) is 27.9 Å². The molecule has 5 aliphatic rings. The Hall–Kier alpha value is -5.79. The van der Waals surface area contributed by atoms with Gasteiger partial charge >= 0.3 is 5.69 Å². The molecule has 0 radical (unpaired) electrons. The Morgan fingerprint density at radius 2 is 1.69 bits per heavy atom. The summed E-state index contributed by atoms with van der Waals surface area (Å²) in [6.45, 7) is 7.22.